The minimum atomic E-state index is 0.0103. The Labute approximate surface area is 145 Å². The summed E-state index contributed by atoms with van der Waals surface area (Å²) in [6.07, 6.45) is 2.80. The molecule has 0 aliphatic heterocycles. The largest absolute Gasteiger partial charge is 0.326 e. The smallest absolute Gasteiger partial charge is 0.224 e. The Bertz CT molecular complexity index is 843. The highest BCUT2D eigenvalue weighted by molar-refractivity contribution is 7.13. The molecule has 5 heteroatoms. The van der Waals surface area contributed by atoms with Crippen LogP contribution in [-0.4, -0.2) is 15.9 Å². The topological polar surface area (TPSA) is 54.9 Å². The molecule has 0 fully saturated rings. The molecular formula is C19H19N3OS. The molecule has 0 atom stereocenters. The van der Waals surface area contributed by atoms with Gasteiger partial charge < -0.3 is 5.32 Å². The molecule has 0 saturated heterocycles. The van der Waals surface area contributed by atoms with Crippen molar-refractivity contribution in [3.63, 3.8) is 0 Å². The van der Waals surface area contributed by atoms with Crippen LogP contribution >= 0.6 is 11.3 Å². The Morgan fingerprint density at radius 1 is 1.17 bits per heavy atom. The highest BCUT2D eigenvalue weighted by atomic mass is 32.1. The molecule has 2 aromatic heterocycles. The van der Waals surface area contributed by atoms with Crippen LogP contribution in [0.15, 0.2) is 48.0 Å². The standard InChI is InChI=1S/C19H19N3OS/c1-13-6-5-8-16(14(13)2)22-18(23)10-9-15-12-24-19(21-15)17-7-3-4-11-20-17/h3-8,11-12H,9-10H2,1-2H3,(H,22,23). The number of anilines is 1. The molecule has 4 nitrogen and oxygen atoms in total. The number of carbonyl (C=O) groups is 1. The summed E-state index contributed by atoms with van der Waals surface area (Å²) >= 11 is 1.56. The molecule has 0 unspecified atom stereocenters. The molecule has 0 aliphatic rings. The van der Waals surface area contributed by atoms with E-state index in [1.807, 2.05) is 55.6 Å². The molecule has 1 N–H and O–H groups in total. The van der Waals surface area contributed by atoms with E-state index in [0.717, 1.165) is 27.6 Å². The van der Waals surface area contributed by atoms with Crippen LogP contribution in [-0.2, 0) is 11.2 Å². The van der Waals surface area contributed by atoms with E-state index in [1.165, 1.54) is 5.56 Å². The highest BCUT2D eigenvalue weighted by Gasteiger charge is 2.09. The third kappa shape index (κ3) is 3.86. The summed E-state index contributed by atoms with van der Waals surface area (Å²) in [5, 5.41) is 5.87. The zero-order valence-corrected chi connectivity index (χ0v) is 14.6. The lowest BCUT2D eigenvalue weighted by Gasteiger charge is -2.09. The van der Waals surface area contributed by atoms with E-state index >= 15 is 0 Å². The van der Waals surface area contributed by atoms with Crippen LogP contribution in [0.1, 0.15) is 23.2 Å². The molecule has 3 rings (SSSR count). The number of amides is 1. The molecule has 2 heterocycles. The first-order chi connectivity index (χ1) is 11.6. The van der Waals surface area contributed by atoms with Gasteiger partial charge in [-0.1, -0.05) is 18.2 Å². The summed E-state index contributed by atoms with van der Waals surface area (Å²) in [7, 11) is 0. The SMILES string of the molecule is Cc1cccc(NC(=O)CCc2csc(-c3ccccn3)n2)c1C. The van der Waals surface area contributed by atoms with Crippen molar-refractivity contribution in [3.8, 4) is 10.7 Å². The fraction of sp³-hybridized carbons (Fsp3) is 0.211. The predicted octanol–water partition coefficient (Wildman–Crippen LogP) is 4.39. The Kier molecular flexibility index (Phi) is 5.01. The van der Waals surface area contributed by atoms with Crippen molar-refractivity contribution in [2.75, 3.05) is 5.32 Å². The van der Waals surface area contributed by atoms with Gasteiger partial charge in [-0.2, -0.15) is 0 Å². The van der Waals surface area contributed by atoms with Gasteiger partial charge in [0.2, 0.25) is 5.91 Å². The molecule has 0 bridgehead atoms. The predicted molar refractivity (Wildman–Crippen MR) is 98.2 cm³/mol. The number of nitrogens with zero attached hydrogens (tertiary/aromatic N) is 2. The number of aryl methyl sites for hydroxylation is 2. The fourth-order valence-electron chi connectivity index (χ4n) is 2.37. The van der Waals surface area contributed by atoms with Crippen molar-refractivity contribution in [1.82, 2.24) is 9.97 Å². The van der Waals surface area contributed by atoms with Crippen LogP contribution in [0.2, 0.25) is 0 Å². The van der Waals surface area contributed by atoms with Gasteiger partial charge in [0.05, 0.1) is 11.4 Å². The van der Waals surface area contributed by atoms with Gasteiger partial charge in [0.1, 0.15) is 5.01 Å². The lowest BCUT2D eigenvalue weighted by molar-refractivity contribution is -0.116. The Balaban J connectivity index is 1.59. The lowest BCUT2D eigenvalue weighted by atomic mass is 10.1. The minimum absolute atomic E-state index is 0.0103. The first-order valence-electron chi connectivity index (χ1n) is 7.85. The summed E-state index contributed by atoms with van der Waals surface area (Å²) in [5.74, 6) is 0.0103. The molecular weight excluding hydrogens is 318 g/mol. The number of nitrogens with one attached hydrogen (secondary N) is 1. The fourth-order valence-corrected chi connectivity index (χ4v) is 3.20. The molecule has 3 aromatic rings. The van der Waals surface area contributed by atoms with E-state index in [4.69, 9.17) is 0 Å². The van der Waals surface area contributed by atoms with Gasteiger partial charge >= 0.3 is 0 Å². The third-order valence-electron chi connectivity index (χ3n) is 3.92. The zero-order valence-electron chi connectivity index (χ0n) is 13.7. The maximum absolute atomic E-state index is 12.2. The monoisotopic (exact) mass is 337 g/mol. The van der Waals surface area contributed by atoms with Crippen molar-refractivity contribution >= 4 is 22.9 Å². The molecule has 0 radical (unpaired) electrons. The quantitative estimate of drug-likeness (QED) is 0.751. The summed E-state index contributed by atoms with van der Waals surface area (Å²) in [6, 6.07) is 11.7. The second-order valence-electron chi connectivity index (χ2n) is 5.65. The van der Waals surface area contributed by atoms with Crippen molar-refractivity contribution < 1.29 is 4.79 Å². The number of hydrogen-bond donors (Lipinski definition) is 1. The first-order valence-corrected chi connectivity index (χ1v) is 8.73. The summed E-state index contributed by atoms with van der Waals surface area (Å²) < 4.78 is 0. The van der Waals surface area contributed by atoms with Gasteiger partial charge in [0, 0.05) is 23.7 Å². The number of thiazole rings is 1. The first kappa shape index (κ1) is 16.3. The maximum Gasteiger partial charge on any atom is 0.224 e. The van der Waals surface area contributed by atoms with Crippen LogP contribution in [0.4, 0.5) is 5.69 Å². The van der Waals surface area contributed by atoms with E-state index in [9.17, 15) is 4.79 Å². The van der Waals surface area contributed by atoms with Gasteiger partial charge in [0.25, 0.3) is 0 Å². The van der Waals surface area contributed by atoms with Gasteiger partial charge in [-0.3, -0.25) is 9.78 Å². The summed E-state index contributed by atoms with van der Waals surface area (Å²) in [5.41, 5.74) is 4.96. The summed E-state index contributed by atoms with van der Waals surface area (Å²) in [6.45, 7) is 4.06. The number of carbonyl (C=O) groups excluding carboxylic acids is 1. The second kappa shape index (κ2) is 7.36. The average Bonchev–Trinajstić information content (AvgIpc) is 3.07. The second-order valence-corrected chi connectivity index (χ2v) is 6.51. The number of aromatic nitrogens is 2. The van der Waals surface area contributed by atoms with Gasteiger partial charge in [-0.25, -0.2) is 4.98 Å². The molecule has 24 heavy (non-hydrogen) atoms. The third-order valence-corrected chi connectivity index (χ3v) is 4.84. The summed E-state index contributed by atoms with van der Waals surface area (Å²) in [4.78, 5) is 21.0. The Morgan fingerprint density at radius 3 is 2.83 bits per heavy atom. The van der Waals surface area contributed by atoms with E-state index < -0.39 is 0 Å². The highest BCUT2D eigenvalue weighted by Crippen LogP contribution is 2.22. The maximum atomic E-state index is 12.2. The van der Waals surface area contributed by atoms with Gasteiger partial charge in [-0.15, -0.1) is 11.3 Å². The number of rotatable bonds is 5. The Morgan fingerprint density at radius 2 is 2.04 bits per heavy atom. The van der Waals surface area contributed by atoms with Gasteiger partial charge in [-0.05, 0) is 49.6 Å². The lowest BCUT2D eigenvalue weighted by Crippen LogP contribution is -2.13. The van der Waals surface area contributed by atoms with E-state index in [1.54, 1.807) is 17.5 Å². The Hall–Kier alpha value is -2.53. The van der Waals surface area contributed by atoms with Gasteiger partial charge in [0.15, 0.2) is 0 Å². The van der Waals surface area contributed by atoms with Crippen LogP contribution in [0.5, 0.6) is 0 Å². The van der Waals surface area contributed by atoms with E-state index in [2.05, 4.69) is 15.3 Å². The van der Waals surface area contributed by atoms with Crippen molar-refractivity contribution in [2.45, 2.75) is 26.7 Å². The van der Waals surface area contributed by atoms with E-state index in [0.29, 0.717) is 12.8 Å². The molecule has 0 spiro atoms. The van der Waals surface area contributed by atoms with Crippen molar-refractivity contribution in [2.24, 2.45) is 0 Å². The molecule has 122 valence electrons. The van der Waals surface area contributed by atoms with Crippen LogP contribution in [0.25, 0.3) is 10.7 Å². The average molecular weight is 337 g/mol. The molecule has 0 aliphatic carbocycles. The minimum Gasteiger partial charge on any atom is -0.326 e. The normalized spacial score (nSPS) is 10.6. The number of pyridine rings is 1. The number of benzene rings is 1. The van der Waals surface area contributed by atoms with Crippen LogP contribution in [0.3, 0.4) is 0 Å². The molecule has 1 aromatic carbocycles. The van der Waals surface area contributed by atoms with Crippen molar-refractivity contribution in [3.05, 3.63) is 64.8 Å². The zero-order chi connectivity index (χ0) is 16.9. The van der Waals surface area contributed by atoms with Crippen molar-refractivity contribution in [1.29, 1.82) is 0 Å². The molecule has 1 amide bonds. The molecule has 0 saturated carbocycles. The van der Waals surface area contributed by atoms with Crippen LogP contribution in [0, 0.1) is 13.8 Å². The number of hydrogen-bond acceptors (Lipinski definition) is 4. The van der Waals surface area contributed by atoms with Crippen LogP contribution < -0.4 is 5.32 Å². The van der Waals surface area contributed by atoms with E-state index in [-0.39, 0.29) is 5.91 Å².